The Bertz CT molecular complexity index is 1360. The van der Waals surface area contributed by atoms with Crippen LogP contribution < -0.4 is 5.32 Å². The Hall–Kier alpha value is -2.08. The van der Waals surface area contributed by atoms with Crippen molar-refractivity contribution in [2.45, 2.75) is 56.5 Å². The molecule has 5 heterocycles. The van der Waals surface area contributed by atoms with Gasteiger partial charge in [0.05, 0.1) is 10.1 Å². The Morgan fingerprint density at radius 3 is 2.24 bits per heavy atom. The molecule has 194 valence electrons. The molecule has 1 amide bonds. The number of aliphatic imine (C=N–C) groups is 3. The summed E-state index contributed by atoms with van der Waals surface area (Å²) in [6.45, 7) is 8.08. The largest absolute Gasteiger partial charge is 0.442 e. The molecule has 1 N–H and O–H groups in total. The first-order chi connectivity index (χ1) is 17.6. The number of benzene rings is 1. The molecule has 2 aromatic rings. The SMILES string of the molecule is CNC(=O)c1nc([C@]2(C)CSC([C@]3(C)CSC([C@]4(C)CSC([C@@H]5O[C@@H]5c5ccccc5)=N4)=N3)=N2)oc1C. The van der Waals surface area contributed by atoms with Crippen LogP contribution in [0.5, 0.6) is 0 Å². The van der Waals surface area contributed by atoms with Gasteiger partial charge in [0.15, 0.2) is 5.69 Å². The second-order valence-corrected chi connectivity index (χ2v) is 13.3. The molecule has 0 spiro atoms. The van der Waals surface area contributed by atoms with E-state index in [-0.39, 0.29) is 23.7 Å². The van der Waals surface area contributed by atoms with Crippen molar-refractivity contribution in [1.82, 2.24) is 10.3 Å². The lowest BCUT2D eigenvalue weighted by molar-refractivity contribution is 0.0957. The molecule has 1 fully saturated rings. The number of aromatic nitrogens is 1. The molecule has 0 aliphatic carbocycles. The molecule has 0 bridgehead atoms. The van der Waals surface area contributed by atoms with Crippen LogP contribution in [0.4, 0.5) is 0 Å². The molecule has 5 atom stereocenters. The lowest BCUT2D eigenvalue weighted by Gasteiger charge is -2.21. The molecule has 0 radical (unpaired) electrons. The molecular weight excluding hydrogens is 527 g/mol. The van der Waals surface area contributed by atoms with E-state index < -0.39 is 11.1 Å². The Morgan fingerprint density at radius 1 is 0.919 bits per heavy atom. The maximum atomic E-state index is 12.1. The average Bonchev–Trinajstić information content (AvgIpc) is 3.23. The minimum Gasteiger partial charge on any atom is -0.442 e. The summed E-state index contributed by atoms with van der Waals surface area (Å²) in [5.74, 6) is 3.08. The number of amides is 1. The molecular formula is C26H29N5O3S3. The van der Waals surface area contributed by atoms with Gasteiger partial charge < -0.3 is 14.5 Å². The Morgan fingerprint density at radius 2 is 1.54 bits per heavy atom. The van der Waals surface area contributed by atoms with Crippen molar-refractivity contribution < 1.29 is 13.9 Å². The van der Waals surface area contributed by atoms with Gasteiger partial charge >= 0.3 is 0 Å². The number of carbonyl (C=O) groups excluding carboxylic acids is 1. The molecule has 8 nitrogen and oxygen atoms in total. The van der Waals surface area contributed by atoms with E-state index in [1.807, 2.05) is 25.1 Å². The van der Waals surface area contributed by atoms with E-state index in [1.165, 1.54) is 5.56 Å². The molecule has 37 heavy (non-hydrogen) atoms. The number of hydrogen-bond acceptors (Lipinski definition) is 10. The van der Waals surface area contributed by atoms with E-state index in [0.29, 0.717) is 23.1 Å². The fourth-order valence-corrected chi connectivity index (χ4v) is 8.73. The maximum Gasteiger partial charge on any atom is 0.273 e. The summed E-state index contributed by atoms with van der Waals surface area (Å²) in [4.78, 5) is 32.1. The van der Waals surface area contributed by atoms with Gasteiger partial charge in [-0.15, -0.1) is 35.3 Å². The molecule has 1 aromatic heterocycles. The molecule has 0 saturated carbocycles. The summed E-state index contributed by atoms with van der Waals surface area (Å²) in [6.07, 6.45) is 0.148. The van der Waals surface area contributed by atoms with Gasteiger partial charge in [0, 0.05) is 24.3 Å². The van der Waals surface area contributed by atoms with Crippen LogP contribution in [0.2, 0.25) is 0 Å². The second-order valence-electron chi connectivity index (χ2n) is 10.4. The molecule has 0 unspecified atom stereocenters. The van der Waals surface area contributed by atoms with Gasteiger partial charge in [-0.25, -0.2) is 4.98 Å². The van der Waals surface area contributed by atoms with Crippen molar-refractivity contribution in [3.8, 4) is 0 Å². The number of nitrogens with one attached hydrogen (secondary N) is 1. The summed E-state index contributed by atoms with van der Waals surface area (Å²) in [5.41, 5.74) is 0.0852. The van der Waals surface area contributed by atoms with Crippen LogP contribution in [0, 0.1) is 6.92 Å². The van der Waals surface area contributed by atoms with Gasteiger partial charge in [0.1, 0.15) is 39.6 Å². The van der Waals surface area contributed by atoms with Crippen LogP contribution in [-0.4, -0.2) is 67.5 Å². The third-order valence-electron chi connectivity index (χ3n) is 7.02. The molecule has 11 heteroatoms. The van der Waals surface area contributed by atoms with Crippen LogP contribution >= 0.6 is 35.3 Å². The first-order valence-corrected chi connectivity index (χ1v) is 15.2. The molecule has 4 aliphatic heterocycles. The zero-order chi connectivity index (χ0) is 26.0. The van der Waals surface area contributed by atoms with Crippen LogP contribution in [0.1, 0.15) is 54.6 Å². The molecule has 1 aromatic carbocycles. The minimum atomic E-state index is -0.642. The number of thioether (sulfide) groups is 3. The van der Waals surface area contributed by atoms with E-state index >= 15 is 0 Å². The lowest BCUT2D eigenvalue weighted by Crippen LogP contribution is -2.33. The van der Waals surface area contributed by atoms with Crippen molar-refractivity contribution in [1.29, 1.82) is 0 Å². The van der Waals surface area contributed by atoms with Gasteiger partial charge in [-0.05, 0) is 33.3 Å². The maximum absolute atomic E-state index is 12.1. The fourth-order valence-electron chi connectivity index (χ4n) is 4.70. The average molecular weight is 556 g/mol. The summed E-state index contributed by atoms with van der Waals surface area (Å²) in [6, 6.07) is 10.3. The van der Waals surface area contributed by atoms with Crippen molar-refractivity contribution in [2.24, 2.45) is 15.0 Å². The Labute approximate surface area is 229 Å². The Balaban J connectivity index is 1.21. The molecule has 1 saturated heterocycles. The molecule has 4 aliphatic rings. The van der Waals surface area contributed by atoms with Crippen LogP contribution in [0.15, 0.2) is 49.7 Å². The van der Waals surface area contributed by atoms with Crippen LogP contribution in [-0.2, 0) is 10.3 Å². The zero-order valence-electron chi connectivity index (χ0n) is 21.4. The van der Waals surface area contributed by atoms with Crippen LogP contribution in [0.25, 0.3) is 0 Å². The quantitative estimate of drug-likeness (QED) is 0.517. The monoisotopic (exact) mass is 555 g/mol. The summed E-state index contributed by atoms with van der Waals surface area (Å²) in [7, 11) is 1.59. The number of rotatable bonds is 6. The number of epoxide rings is 1. The van der Waals surface area contributed by atoms with Crippen molar-refractivity contribution in [2.75, 3.05) is 24.3 Å². The van der Waals surface area contributed by atoms with E-state index in [0.717, 1.165) is 26.6 Å². The van der Waals surface area contributed by atoms with E-state index in [9.17, 15) is 4.79 Å². The predicted octanol–water partition coefficient (Wildman–Crippen LogP) is 4.65. The highest BCUT2D eigenvalue weighted by Gasteiger charge is 2.52. The van der Waals surface area contributed by atoms with Crippen molar-refractivity contribution in [3.05, 3.63) is 53.2 Å². The first kappa shape index (κ1) is 25.2. The summed E-state index contributed by atoms with van der Waals surface area (Å²) < 4.78 is 11.9. The van der Waals surface area contributed by atoms with Crippen molar-refractivity contribution in [3.63, 3.8) is 0 Å². The number of aryl methyl sites for hydroxylation is 1. The summed E-state index contributed by atoms with van der Waals surface area (Å²) >= 11 is 5.25. The number of ether oxygens (including phenoxy) is 1. The first-order valence-electron chi connectivity index (χ1n) is 12.2. The van der Waals surface area contributed by atoms with Crippen LogP contribution in [0.3, 0.4) is 0 Å². The smallest absolute Gasteiger partial charge is 0.273 e. The van der Waals surface area contributed by atoms with E-state index in [4.69, 9.17) is 24.1 Å². The van der Waals surface area contributed by atoms with Gasteiger partial charge in [-0.2, -0.15) is 0 Å². The fraction of sp³-hybridized carbons (Fsp3) is 0.500. The Kier molecular flexibility index (Phi) is 6.13. The lowest BCUT2D eigenvalue weighted by atomic mass is 10.0. The standard InChI is InChI=1S/C26H29N5O3S3/c1-14-16(19(32)27-5)28-21(33-14)24(2)11-36-23(30-24)26(4)13-37-22(31-26)25(3)12-35-20(29-25)18-17(34-18)15-9-7-6-8-10-15/h6-10,17-18H,11-13H2,1-5H3,(H,27,32)/t17-,18-,24+,25+,26+/m1/s1. The minimum absolute atomic E-state index is 0.0482. The molecule has 6 rings (SSSR count). The predicted molar refractivity (Wildman–Crippen MR) is 153 cm³/mol. The third kappa shape index (κ3) is 4.37. The number of nitrogens with zero attached hydrogens (tertiary/aromatic N) is 4. The van der Waals surface area contributed by atoms with Gasteiger partial charge in [0.2, 0.25) is 5.89 Å². The topological polar surface area (TPSA) is 105 Å². The zero-order valence-corrected chi connectivity index (χ0v) is 23.9. The number of hydrogen-bond donors (Lipinski definition) is 1. The number of oxazole rings is 1. The van der Waals surface area contributed by atoms with E-state index in [1.54, 1.807) is 49.3 Å². The second kappa shape index (κ2) is 9.00. The van der Waals surface area contributed by atoms with Crippen molar-refractivity contribution >= 4 is 56.3 Å². The normalized spacial score (nSPS) is 34.8. The van der Waals surface area contributed by atoms with Gasteiger partial charge in [-0.1, -0.05) is 30.3 Å². The van der Waals surface area contributed by atoms with Gasteiger partial charge in [-0.3, -0.25) is 19.8 Å². The summed E-state index contributed by atoms with van der Waals surface area (Å²) in [5, 5.41) is 5.71. The van der Waals surface area contributed by atoms with E-state index in [2.05, 4.69) is 36.3 Å². The third-order valence-corrected chi connectivity index (χ3v) is 11.4. The number of carbonyl (C=O) groups is 1. The highest BCUT2D eigenvalue weighted by atomic mass is 32.2. The van der Waals surface area contributed by atoms with Gasteiger partial charge in [0.25, 0.3) is 5.91 Å². The highest BCUT2D eigenvalue weighted by Crippen LogP contribution is 2.49. The highest BCUT2D eigenvalue weighted by molar-refractivity contribution is 8.17.